The summed E-state index contributed by atoms with van der Waals surface area (Å²) in [4.78, 5) is 0. The van der Waals surface area contributed by atoms with Crippen molar-refractivity contribution in [2.45, 2.75) is 38.5 Å². The zero-order valence-corrected chi connectivity index (χ0v) is 16.8. The van der Waals surface area contributed by atoms with E-state index in [1.54, 1.807) is 12.1 Å². The van der Waals surface area contributed by atoms with Gasteiger partial charge in [0.25, 0.3) is 0 Å². The molecule has 0 atom stereocenters. The normalized spacial score (nSPS) is 12.5. The molecule has 0 spiro atoms. The summed E-state index contributed by atoms with van der Waals surface area (Å²) in [5, 5.41) is 25.3. The molecule has 1 heterocycles. The van der Waals surface area contributed by atoms with Crippen LogP contribution in [-0.4, -0.2) is 35.4 Å². The molecule has 148 valence electrons. The van der Waals surface area contributed by atoms with E-state index in [-0.39, 0.29) is 23.7 Å². The molecule has 0 fully saturated rings. The summed E-state index contributed by atoms with van der Waals surface area (Å²) in [6, 6.07) is 4.50. The number of benzene rings is 1. The molecule has 2 rings (SSSR count). The molecule has 0 aliphatic carbocycles. The number of aromatic nitrogens is 2. The number of nitrogens with two attached hydrogens (primary N) is 1. The predicted molar refractivity (Wildman–Crippen MR) is 101 cm³/mol. The first-order valence-corrected chi connectivity index (χ1v) is 10.8. The highest BCUT2D eigenvalue weighted by atomic mass is 79.9. The SMILES string of the molecule is NS(=O)(=O)CCCCCCc1nonc1/C(Cc1ccc(F)c(Br)c1)=N/O. The van der Waals surface area contributed by atoms with Crippen LogP contribution in [0.2, 0.25) is 0 Å². The average molecular weight is 463 g/mol. The number of oxime groups is 1. The van der Waals surface area contributed by atoms with Gasteiger partial charge in [-0.3, -0.25) is 0 Å². The maximum atomic E-state index is 13.3. The van der Waals surface area contributed by atoms with Crippen LogP contribution in [0, 0.1) is 5.82 Å². The Balaban J connectivity index is 1.92. The molecule has 8 nitrogen and oxygen atoms in total. The molecule has 0 saturated carbocycles. The zero-order valence-electron chi connectivity index (χ0n) is 14.4. The van der Waals surface area contributed by atoms with Gasteiger partial charge in [-0.1, -0.05) is 29.2 Å². The smallest absolute Gasteiger partial charge is 0.209 e. The maximum absolute atomic E-state index is 13.3. The molecule has 3 N–H and O–H groups in total. The van der Waals surface area contributed by atoms with Crippen LogP contribution in [0.4, 0.5) is 4.39 Å². The van der Waals surface area contributed by atoms with Crippen molar-refractivity contribution in [3.05, 3.63) is 45.4 Å². The van der Waals surface area contributed by atoms with Crippen LogP contribution in [0.1, 0.15) is 42.6 Å². The Kier molecular flexibility index (Phi) is 7.87. The van der Waals surface area contributed by atoms with Gasteiger partial charge in [0.1, 0.15) is 17.2 Å². The van der Waals surface area contributed by atoms with E-state index in [4.69, 9.17) is 9.77 Å². The lowest BCUT2D eigenvalue weighted by molar-refractivity contribution is 0.300. The first-order chi connectivity index (χ1) is 12.8. The average Bonchev–Trinajstić information content (AvgIpc) is 3.06. The third-order valence-corrected chi connectivity index (χ3v) is 5.36. The molecule has 1 aromatic heterocycles. The summed E-state index contributed by atoms with van der Waals surface area (Å²) in [5.41, 5.74) is 1.89. The molecule has 0 unspecified atom stereocenters. The van der Waals surface area contributed by atoms with E-state index in [2.05, 4.69) is 31.4 Å². The van der Waals surface area contributed by atoms with E-state index in [0.29, 0.717) is 28.7 Å². The number of unbranched alkanes of at least 4 members (excludes halogenated alkanes) is 3. The van der Waals surface area contributed by atoms with Gasteiger partial charge in [-0.05, 0) is 58.0 Å². The largest absolute Gasteiger partial charge is 0.411 e. The highest BCUT2D eigenvalue weighted by Crippen LogP contribution is 2.19. The van der Waals surface area contributed by atoms with Gasteiger partial charge in [-0.25, -0.2) is 22.6 Å². The van der Waals surface area contributed by atoms with Crippen LogP contribution in [-0.2, 0) is 22.9 Å². The topological polar surface area (TPSA) is 132 Å². The highest BCUT2D eigenvalue weighted by Gasteiger charge is 2.18. The molecular formula is C16H20BrFN4O4S. The molecule has 0 saturated heterocycles. The number of halogens is 2. The number of nitrogens with zero attached hydrogens (tertiary/aromatic N) is 3. The molecule has 0 radical (unpaired) electrons. The quantitative estimate of drug-likeness (QED) is 0.241. The number of primary sulfonamides is 1. The Morgan fingerprint density at radius 3 is 2.67 bits per heavy atom. The summed E-state index contributed by atoms with van der Waals surface area (Å²) < 4.78 is 40.2. The van der Waals surface area contributed by atoms with E-state index >= 15 is 0 Å². The number of hydrogen-bond donors (Lipinski definition) is 2. The minimum Gasteiger partial charge on any atom is -0.411 e. The minimum atomic E-state index is -3.42. The number of hydrogen-bond acceptors (Lipinski definition) is 7. The highest BCUT2D eigenvalue weighted by molar-refractivity contribution is 9.10. The van der Waals surface area contributed by atoms with Gasteiger partial charge < -0.3 is 5.21 Å². The zero-order chi connectivity index (χ0) is 19.9. The second-order valence-electron chi connectivity index (χ2n) is 6.06. The molecule has 1 aromatic carbocycles. The van der Waals surface area contributed by atoms with Crippen LogP contribution < -0.4 is 5.14 Å². The van der Waals surface area contributed by atoms with Crippen LogP contribution in [0.15, 0.2) is 32.5 Å². The molecule has 2 aromatic rings. The van der Waals surface area contributed by atoms with Gasteiger partial charge in [0.2, 0.25) is 10.0 Å². The van der Waals surface area contributed by atoms with Crippen molar-refractivity contribution < 1.29 is 22.6 Å². The van der Waals surface area contributed by atoms with Gasteiger partial charge >= 0.3 is 0 Å². The third-order valence-electron chi connectivity index (χ3n) is 3.90. The fourth-order valence-corrected chi connectivity index (χ4v) is 3.58. The number of aryl methyl sites for hydroxylation is 1. The summed E-state index contributed by atoms with van der Waals surface area (Å²) >= 11 is 3.12. The van der Waals surface area contributed by atoms with E-state index in [0.717, 1.165) is 24.8 Å². The van der Waals surface area contributed by atoms with Crippen LogP contribution in [0.3, 0.4) is 0 Å². The Hall–Kier alpha value is -1.85. The summed E-state index contributed by atoms with van der Waals surface area (Å²) in [6.07, 6.45) is 3.53. The Morgan fingerprint density at radius 2 is 2.00 bits per heavy atom. The molecular weight excluding hydrogens is 443 g/mol. The van der Waals surface area contributed by atoms with Crippen LogP contribution in [0.25, 0.3) is 0 Å². The monoisotopic (exact) mass is 462 g/mol. The van der Waals surface area contributed by atoms with Gasteiger partial charge in [0, 0.05) is 6.42 Å². The van der Waals surface area contributed by atoms with Crippen molar-refractivity contribution in [3.63, 3.8) is 0 Å². The fraction of sp³-hybridized carbons (Fsp3) is 0.438. The van der Waals surface area contributed by atoms with Crippen molar-refractivity contribution >= 4 is 31.7 Å². The summed E-state index contributed by atoms with van der Waals surface area (Å²) in [6.45, 7) is 0. The standard InChI is InChI=1S/C16H20BrFN4O4S/c17-12-9-11(6-7-13(12)18)10-15(20-23)16-14(21-26-22-16)5-3-1-2-4-8-27(19,24)25/h6-7,9,23H,1-5,8,10H2,(H2,19,24,25)/b20-15+. The molecule has 0 aliphatic rings. The third kappa shape index (κ3) is 7.00. The number of sulfonamides is 1. The van der Waals surface area contributed by atoms with Crippen molar-refractivity contribution in [3.8, 4) is 0 Å². The van der Waals surface area contributed by atoms with Gasteiger partial charge in [-0.15, -0.1) is 0 Å². The van der Waals surface area contributed by atoms with Crippen LogP contribution >= 0.6 is 15.9 Å². The van der Waals surface area contributed by atoms with Crippen molar-refractivity contribution in [1.82, 2.24) is 10.3 Å². The molecule has 0 aliphatic heterocycles. The van der Waals surface area contributed by atoms with E-state index in [9.17, 15) is 18.0 Å². The predicted octanol–water partition coefficient (Wildman–Crippen LogP) is 2.78. The van der Waals surface area contributed by atoms with Gasteiger partial charge in [-0.2, -0.15) is 0 Å². The van der Waals surface area contributed by atoms with Crippen molar-refractivity contribution in [1.29, 1.82) is 0 Å². The Labute approximate surface area is 164 Å². The molecule has 0 bridgehead atoms. The lowest BCUT2D eigenvalue weighted by atomic mass is 10.0. The first-order valence-electron chi connectivity index (χ1n) is 8.27. The van der Waals surface area contributed by atoms with E-state index in [1.807, 2.05) is 0 Å². The molecule has 0 amide bonds. The van der Waals surface area contributed by atoms with E-state index in [1.165, 1.54) is 6.07 Å². The van der Waals surface area contributed by atoms with Crippen molar-refractivity contribution in [2.75, 3.05) is 5.75 Å². The molecule has 27 heavy (non-hydrogen) atoms. The lowest BCUT2D eigenvalue weighted by Gasteiger charge is -2.05. The second kappa shape index (κ2) is 9.90. The minimum absolute atomic E-state index is 0.0295. The number of rotatable bonds is 10. The fourth-order valence-electron chi connectivity index (χ4n) is 2.55. The van der Waals surface area contributed by atoms with Crippen molar-refractivity contribution in [2.24, 2.45) is 10.3 Å². The van der Waals surface area contributed by atoms with Crippen LogP contribution in [0.5, 0.6) is 0 Å². The Morgan fingerprint density at radius 1 is 1.26 bits per heavy atom. The maximum Gasteiger partial charge on any atom is 0.209 e. The summed E-state index contributed by atoms with van der Waals surface area (Å²) in [5.74, 6) is -0.411. The molecule has 11 heteroatoms. The Bertz CT molecular complexity index is 902. The first kappa shape index (κ1) is 21.5. The summed E-state index contributed by atoms with van der Waals surface area (Å²) in [7, 11) is -3.42. The van der Waals surface area contributed by atoms with E-state index < -0.39 is 10.0 Å². The van der Waals surface area contributed by atoms with Gasteiger partial charge in [0.15, 0.2) is 5.69 Å². The lowest BCUT2D eigenvalue weighted by Crippen LogP contribution is -2.16. The second-order valence-corrected chi connectivity index (χ2v) is 8.65. The van der Waals surface area contributed by atoms with Gasteiger partial charge in [0.05, 0.1) is 10.2 Å².